The van der Waals surface area contributed by atoms with E-state index in [2.05, 4.69) is 15.0 Å². The van der Waals surface area contributed by atoms with Crippen molar-refractivity contribution >= 4 is 23.2 Å². The predicted molar refractivity (Wildman–Crippen MR) is 70.3 cm³/mol. The summed E-state index contributed by atoms with van der Waals surface area (Å²) in [7, 11) is 1.52. The van der Waals surface area contributed by atoms with Crippen molar-refractivity contribution < 1.29 is 9.72 Å². The number of hydrogen-bond donors (Lipinski definition) is 1. The fourth-order valence-electron chi connectivity index (χ4n) is 1.66. The van der Waals surface area contributed by atoms with Crippen molar-refractivity contribution in [3.63, 3.8) is 0 Å². The highest BCUT2D eigenvalue weighted by atomic mass is 35.5. The lowest BCUT2D eigenvalue weighted by atomic mass is 10.2. The molecule has 0 fully saturated rings. The standard InChI is InChI=1S/C11H10ClN5O3/c1-16(6-8-13-4-5-14-8)11(18)7-2-3-15-10(12)9(7)17(19)20/h2-5H,6H2,1H3,(H,13,14). The number of nitrogens with zero attached hydrogens (tertiary/aromatic N) is 4. The number of H-pyrrole nitrogens is 1. The molecule has 2 rings (SSSR count). The molecule has 0 unspecified atom stereocenters. The van der Waals surface area contributed by atoms with Gasteiger partial charge in [0.2, 0.25) is 5.15 Å². The van der Waals surface area contributed by atoms with Crippen LogP contribution < -0.4 is 0 Å². The lowest BCUT2D eigenvalue weighted by molar-refractivity contribution is -0.385. The van der Waals surface area contributed by atoms with Crippen LogP contribution in [0.2, 0.25) is 5.15 Å². The van der Waals surface area contributed by atoms with E-state index in [-0.39, 0.29) is 17.3 Å². The first-order chi connectivity index (χ1) is 9.50. The maximum atomic E-state index is 12.2. The Balaban J connectivity index is 2.29. The normalized spacial score (nSPS) is 10.3. The molecule has 20 heavy (non-hydrogen) atoms. The van der Waals surface area contributed by atoms with Crippen LogP contribution in [0.25, 0.3) is 0 Å². The molecule has 0 aliphatic carbocycles. The van der Waals surface area contributed by atoms with Gasteiger partial charge in [-0.25, -0.2) is 9.97 Å². The van der Waals surface area contributed by atoms with E-state index in [4.69, 9.17) is 11.6 Å². The molecular formula is C11H10ClN5O3. The third-order valence-electron chi connectivity index (χ3n) is 2.58. The molecule has 0 saturated heterocycles. The smallest absolute Gasteiger partial charge is 0.319 e. The Morgan fingerprint density at radius 1 is 1.50 bits per heavy atom. The minimum Gasteiger partial charge on any atom is -0.347 e. The monoisotopic (exact) mass is 295 g/mol. The Hall–Kier alpha value is -2.48. The van der Waals surface area contributed by atoms with Gasteiger partial charge in [0.15, 0.2) is 0 Å². The highest BCUT2D eigenvalue weighted by molar-refractivity contribution is 6.32. The molecule has 9 heteroatoms. The van der Waals surface area contributed by atoms with Gasteiger partial charge in [-0.3, -0.25) is 14.9 Å². The van der Waals surface area contributed by atoms with Crippen LogP contribution in [0.3, 0.4) is 0 Å². The second kappa shape index (κ2) is 5.66. The maximum Gasteiger partial charge on any atom is 0.319 e. The third-order valence-corrected chi connectivity index (χ3v) is 2.86. The van der Waals surface area contributed by atoms with E-state index in [0.717, 1.165) is 0 Å². The first kappa shape index (κ1) is 13.9. The summed E-state index contributed by atoms with van der Waals surface area (Å²) in [6, 6.07) is 1.27. The summed E-state index contributed by atoms with van der Waals surface area (Å²) in [5.41, 5.74) is -0.602. The van der Waals surface area contributed by atoms with Gasteiger partial charge in [-0.2, -0.15) is 0 Å². The number of pyridine rings is 1. The summed E-state index contributed by atoms with van der Waals surface area (Å²) < 4.78 is 0. The molecule has 0 saturated carbocycles. The van der Waals surface area contributed by atoms with Crippen LogP contribution in [0.5, 0.6) is 0 Å². The molecule has 8 nitrogen and oxygen atoms in total. The van der Waals surface area contributed by atoms with Gasteiger partial charge < -0.3 is 9.88 Å². The number of nitro groups is 1. The second-order valence-corrected chi connectivity index (χ2v) is 4.31. The summed E-state index contributed by atoms with van der Waals surface area (Å²) in [6.07, 6.45) is 4.43. The van der Waals surface area contributed by atoms with Crippen LogP contribution in [0, 0.1) is 10.1 Å². The number of carbonyl (C=O) groups is 1. The average Bonchev–Trinajstić information content (AvgIpc) is 2.89. The van der Waals surface area contributed by atoms with Gasteiger partial charge >= 0.3 is 5.69 Å². The van der Waals surface area contributed by atoms with Crippen LogP contribution in [-0.4, -0.2) is 37.7 Å². The van der Waals surface area contributed by atoms with Crippen LogP contribution in [0.15, 0.2) is 24.7 Å². The first-order valence-electron chi connectivity index (χ1n) is 5.53. The summed E-state index contributed by atoms with van der Waals surface area (Å²) in [4.78, 5) is 34.2. The highest BCUT2D eigenvalue weighted by Gasteiger charge is 2.27. The van der Waals surface area contributed by atoms with Gasteiger partial charge in [0.25, 0.3) is 5.91 Å². The predicted octanol–water partition coefficient (Wildman–Crippen LogP) is 1.64. The van der Waals surface area contributed by atoms with Gasteiger partial charge in [0, 0.05) is 25.6 Å². The number of nitrogens with one attached hydrogen (secondary N) is 1. The Morgan fingerprint density at radius 2 is 2.25 bits per heavy atom. The highest BCUT2D eigenvalue weighted by Crippen LogP contribution is 2.26. The molecule has 0 aromatic carbocycles. The number of imidazole rings is 1. The van der Waals surface area contributed by atoms with Gasteiger partial charge in [-0.05, 0) is 6.07 Å². The number of amides is 1. The minimum absolute atomic E-state index is 0.107. The van der Waals surface area contributed by atoms with Gasteiger partial charge in [-0.15, -0.1) is 0 Å². The Labute approximate surface area is 118 Å². The molecule has 0 aliphatic heterocycles. The van der Waals surface area contributed by atoms with Crippen LogP contribution in [0.4, 0.5) is 5.69 Å². The Morgan fingerprint density at radius 3 is 2.85 bits per heavy atom. The fraction of sp³-hybridized carbons (Fsp3) is 0.182. The zero-order valence-corrected chi connectivity index (χ0v) is 11.2. The molecule has 0 radical (unpaired) electrons. The van der Waals surface area contributed by atoms with Gasteiger partial charge in [-0.1, -0.05) is 11.6 Å². The van der Waals surface area contributed by atoms with Crippen molar-refractivity contribution in [3.05, 3.63) is 51.3 Å². The van der Waals surface area contributed by atoms with E-state index < -0.39 is 16.5 Å². The van der Waals surface area contributed by atoms with E-state index in [1.807, 2.05) is 0 Å². The minimum atomic E-state index is -0.719. The van der Waals surface area contributed by atoms with Crippen LogP contribution in [-0.2, 0) is 6.54 Å². The zero-order valence-electron chi connectivity index (χ0n) is 10.4. The molecule has 2 aromatic rings. The number of aromatic amines is 1. The number of rotatable bonds is 4. The molecule has 104 valence electrons. The molecule has 1 amide bonds. The van der Waals surface area contributed by atoms with E-state index >= 15 is 0 Å². The molecular weight excluding hydrogens is 286 g/mol. The number of hydrogen-bond acceptors (Lipinski definition) is 5. The van der Waals surface area contributed by atoms with Gasteiger partial charge in [0.05, 0.1) is 11.5 Å². The number of aromatic nitrogens is 3. The van der Waals surface area contributed by atoms with Crippen molar-refractivity contribution in [2.45, 2.75) is 6.54 Å². The van der Waals surface area contributed by atoms with E-state index in [9.17, 15) is 14.9 Å². The van der Waals surface area contributed by atoms with Crippen molar-refractivity contribution in [2.75, 3.05) is 7.05 Å². The summed E-state index contributed by atoms with van der Waals surface area (Å²) in [5, 5.41) is 10.7. The lowest BCUT2D eigenvalue weighted by Crippen LogP contribution is -2.27. The molecule has 2 heterocycles. The van der Waals surface area contributed by atoms with Crippen LogP contribution in [0.1, 0.15) is 16.2 Å². The largest absolute Gasteiger partial charge is 0.347 e. The van der Waals surface area contributed by atoms with Gasteiger partial charge in [0.1, 0.15) is 11.4 Å². The first-order valence-corrected chi connectivity index (χ1v) is 5.91. The number of carbonyl (C=O) groups excluding carboxylic acids is 1. The van der Waals surface area contributed by atoms with Crippen molar-refractivity contribution in [3.8, 4) is 0 Å². The van der Waals surface area contributed by atoms with Crippen LogP contribution >= 0.6 is 11.6 Å². The molecule has 1 N–H and O–H groups in total. The molecule has 0 spiro atoms. The Bertz CT molecular complexity index is 644. The Kier molecular flexibility index (Phi) is 3.94. The molecule has 0 atom stereocenters. The summed E-state index contributed by atoms with van der Waals surface area (Å²) in [6.45, 7) is 0.197. The SMILES string of the molecule is CN(Cc1ncc[nH]1)C(=O)c1ccnc(Cl)c1[N+](=O)[O-]. The van der Waals surface area contributed by atoms with E-state index in [0.29, 0.717) is 5.82 Å². The average molecular weight is 296 g/mol. The lowest BCUT2D eigenvalue weighted by Gasteiger charge is -2.15. The van der Waals surface area contributed by atoms with Crippen molar-refractivity contribution in [2.24, 2.45) is 0 Å². The number of halogens is 1. The van der Waals surface area contributed by atoms with E-state index in [1.165, 1.54) is 24.2 Å². The van der Waals surface area contributed by atoms with Crippen molar-refractivity contribution in [1.82, 2.24) is 19.9 Å². The molecule has 2 aromatic heterocycles. The summed E-state index contributed by atoms with van der Waals surface area (Å²) in [5.74, 6) is 0.0426. The van der Waals surface area contributed by atoms with Crippen molar-refractivity contribution in [1.29, 1.82) is 0 Å². The van der Waals surface area contributed by atoms with E-state index in [1.54, 1.807) is 12.4 Å². The zero-order chi connectivity index (χ0) is 14.7. The fourth-order valence-corrected chi connectivity index (χ4v) is 1.89. The summed E-state index contributed by atoms with van der Waals surface area (Å²) >= 11 is 5.67. The molecule has 0 bridgehead atoms. The molecule has 0 aliphatic rings. The second-order valence-electron chi connectivity index (χ2n) is 3.95. The quantitative estimate of drug-likeness (QED) is 0.524. The third kappa shape index (κ3) is 2.75. The topological polar surface area (TPSA) is 105 Å². The maximum absolute atomic E-state index is 12.2.